The molecular weight excluding hydrogens is 519 g/mol. The van der Waals surface area contributed by atoms with Gasteiger partial charge >= 0.3 is 11.2 Å². The summed E-state index contributed by atoms with van der Waals surface area (Å²) >= 11 is 5.03. The van der Waals surface area contributed by atoms with Crippen LogP contribution >= 0.6 is 46.6 Å². The second-order valence-electron chi connectivity index (χ2n) is 6.64. The number of nitrogens with one attached hydrogen (secondary N) is 1. The molecule has 4 heterocycles. The molecule has 0 spiro atoms. The number of aryl methyl sites for hydroxylation is 1. The number of fused-ring (bicyclic) bond motifs is 1. The molecule has 1 fully saturated rings. The lowest BCUT2D eigenvalue weighted by Crippen LogP contribution is -2.70. The first kappa shape index (κ1) is 23.4. The van der Waals surface area contributed by atoms with E-state index in [1.54, 1.807) is 0 Å². The first-order valence-corrected chi connectivity index (χ1v) is 14.1. The summed E-state index contributed by atoms with van der Waals surface area (Å²) in [6, 6.07) is -0.902. The summed E-state index contributed by atoms with van der Waals surface area (Å²) in [5.41, 5.74) is 0.523. The van der Waals surface area contributed by atoms with Crippen LogP contribution in [0.25, 0.3) is 0 Å². The van der Waals surface area contributed by atoms with E-state index >= 15 is 0 Å². The van der Waals surface area contributed by atoms with Crippen molar-refractivity contribution in [2.45, 2.75) is 22.7 Å². The van der Waals surface area contributed by atoms with Gasteiger partial charge in [-0.25, -0.2) is 4.79 Å². The molecule has 0 aromatic carbocycles. The summed E-state index contributed by atoms with van der Waals surface area (Å²) in [4.78, 5) is 52.8. The Morgan fingerprint density at radius 2 is 2.09 bits per heavy atom. The molecule has 0 radical (unpaired) electrons. The number of carboxylic acid groups (broad SMARTS) is 1. The zero-order valence-corrected chi connectivity index (χ0v) is 20.4. The minimum atomic E-state index is -1.75. The van der Waals surface area contributed by atoms with E-state index in [-0.39, 0.29) is 16.5 Å². The van der Waals surface area contributed by atoms with Gasteiger partial charge in [0.1, 0.15) is 32.9 Å². The molecule has 0 aliphatic carbocycles. The third kappa shape index (κ3) is 4.78. The topological polar surface area (TPSA) is 159 Å². The van der Waals surface area contributed by atoms with E-state index in [4.69, 9.17) is 0 Å². The predicted molar refractivity (Wildman–Crippen MR) is 123 cm³/mol. The van der Waals surface area contributed by atoms with Crippen molar-refractivity contribution in [3.63, 3.8) is 0 Å². The van der Waals surface area contributed by atoms with E-state index in [1.807, 2.05) is 6.92 Å². The molecule has 3 aliphatic heterocycles. The van der Waals surface area contributed by atoms with Crippen LogP contribution in [-0.4, -0.2) is 86.9 Å². The molecule has 1 aromatic heterocycles. The van der Waals surface area contributed by atoms with Gasteiger partial charge in [-0.1, -0.05) is 34.9 Å². The fourth-order valence-corrected chi connectivity index (χ4v) is 8.32. The Balaban J connectivity index is 1.39. The molecular formula is C16H15N5O6S5. The number of carbonyl (C=O) groups excluding carboxylic acids is 3. The number of carboxylic acids is 1. The number of β-lactam (4-membered cyclic amide) rings is 1. The lowest BCUT2D eigenvalue weighted by molar-refractivity contribution is -0.150. The second-order valence-corrected chi connectivity index (χ2v) is 12.5. The lowest BCUT2D eigenvalue weighted by atomic mass is 10.0. The predicted octanol–water partition coefficient (Wildman–Crippen LogP) is 0.691. The zero-order chi connectivity index (χ0) is 23.0. The zero-order valence-electron chi connectivity index (χ0n) is 16.3. The highest BCUT2D eigenvalue weighted by Gasteiger charge is 2.54. The van der Waals surface area contributed by atoms with Gasteiger partial charge in [0.25, 0.3) is 5.91 Å². The molecule has 1 aromatic rings. The highest BCUT2D eigenvalue weighted by atomic mass is 32.2. The first-order valence-electron chi connectivity index (χ1n) is 8.99. The molecule has 3 amide bonds. The molecule has 0 saturated carbocycles. The van der Waals surface area contributed by atoms with Gasteiger partial charge in [0, 0.05) is 11.5 Å². The highest BCUT2D eigenvalue weighted by Crippen LogP contribution is 2.41. The van der Waals surface area contributed by atoms with E-state index in [2.05, 4.69) is 20.5 Å². The van der Waals surface area contributed by atoms with Crippen molar-refractivity contribution < 1.29 is 28.5 Å². The van der Waals surface area contributed by atoms with Gasteiger partial charge in [-0.15, -0.1) is 22.0 Å². The van der Waals surface area contributed by atoms with Crippen LogP contribution in [0.15, 0.2) is 20.6 Å². The smallest absolute Gasteiger partial charge is 0.352 e. The number of carbonyl (C=O) groups is 4. The molecule has 3 unspecified atom stereocenters. The molecule has 1 saturated heterocycles. The fourth-order valence-electron chi connectivity index (χ4n) is 3.10. The van der Waals surface area contributed by atoms with E-state index in [0.717, 1.165) is 16.8 Å². The number of amides is 3. The maximum absolute atomic E-state index is 12.7. The van der Waals surface area contributed by atoms with Crippen LogP contribution in [0.5, 0.6) is 0 Å². The van der Waals surface area contributed by atoms with Crippen molar-refractivity contribution in [2.75, 3.05) is 23.0 Å². The molecule has 11 nitrogen and oxygen atoms in total. The summed E-state index contributed by atoms with van der Waals surface area (Å²) < 4.78 is 12.9. The van der Waals surface area contributed by atoms with Crippen molar-refractivity contribution in [1.82, 2.24) is 20.4 Å². The van der Waals surface area contributed by atoms with Crippen LogP contribution in [0.4, 0.5) is 4.79 Å². The van der Waals surface area contributed by atoms with Gasteiger partial charge in [0.2, 0.25) is 5.91 Å². The van der Waals surface area contributed by atoms with Gasteiger partial charge in [-0.3, -0.25) is 23.5 Å². The van der Waals surface area contributed by atoms with E-state index < -0.39 is 51.0 Å². The van der Waals surface area contributed by atoms with Crippen LogP contribution < -0.4 is 5.32 Å². The Kier molecular flexibility index (Phi) is 7.04. The third-order valence-corrected chi connectivity index (χ3v) is 10.1. The van der Waals surface area contributed by atoms with Crippen LogP contribution in [0.2, 0.25) is 0 Å². The molecule has 3 aliphatic rings. The third-order valence-electron chi connectivity index (χ3n) is 4.50. The van der Waals surface area contributed by atoms with Crippen molar-refractivity contribution in [3.05, 3.63) is 16.3 Å². The maximum atomic E-state index is 12.7. The molecule has 4 rings (SSSR count). The monoisotopic (exact) mass is 533 g/mol. The number of hydrogen-bond acceptors (Lipinski definition) is 11. The van der Waals surface area contributed by atoms with Gasteiger partial charge in [0.15, 0.2) is 4.34 Å². The summed E-state index contributed by atoms with van der Waals surface area (Å²) in [6.45, 7) is 1.83. The summed E-state index contributed by atoms with van der Waals surface area (Å²) in [5, 5.41) is 20.1. The van der Waals surface area contributed by atoms with Gasteiger partial charge in [0.05, 0.1) is 16.6 Å². The van der Waals surface area contributed by atoms with Crippen molar-refractivity contribution in [3.8, 4) is 0 Å². The standard InChI is InChI=1S/C16H15N5O6S5/c1-6-19-20-16(31-6)30-3-7-2-28-13-10(12(23)21(13)11(7)14(24)25)17-8(22)5-32(27)9-4-29-15(26)18-9/h10,13H,2-5H2,1H3,(H,17,22)(H,24,25). The largest absolute Gasteiger partial charge is 0.477 e. The normalized spacial score (nSPS) is 23.5. The van der Waals surface area contributed by atoms with E-state index in [0.29, 0.717) is 21.4 Å². The van der Waals surface area contributed by atoms with E-state index in [1.165, 1.54) is 39.8 Å². The first-order chi connectivity index (χ1) is 15.2. The Morgan fingerprint density at radius 3 is 2.72 bits per heavy atom. The maximum Gasteiger partial charge on any atom is 0.352 e. The van der Waals surface area contributed by atoms with Crippen LogP contribution in [0.1, 0.15) is 5.01 Å². The summed E-state index contributed by atoms with van der Waals surface area (Å²) in [6.07, 6.45) is 0. The average molecular weight is 534 g/mol. The van der Waals surface area contributed by atoms with Crippen LogP contribution in [0.3, 0.4) is 0 Å². The fraction of sp³-hybridized carbons (Fsp3) is 0.438. The van der Waals surface area contributed by atoms with Crippen LogP contribution in [-0.2, 0) is 25.2 Å². The summed E-state index contributed by atoms with van der Waals surface area (Å²) in [7, 11) is -1.75. The number of thioether (sulfide) groups is 3. The van der Waals surface area contributed by atoms with Gasteiger partial charge < -0.3 is 10.4 Å². The van der Waals surface area contributed by atoms with Gasteiger partial charge in [-0.05, 0) is 12.5 Å². The van der Waals surface area contributed by atoms with E-state index in [9.17, 15) is 28.5 Å². The minimum absolute atomic E-state index is 0.0718. The Hall–Kier alpha value is -1.75. The number of hydrogen-bond donors (Lipinski definition) is 2. The van der Waals surface area contributed by atoms with Gasteiger partial charge in [-0.2, -0.15) is 4.99 Å². The Labute approximate surface area is 200 Å². The van der Waals surface area contributed by atoms with Crippen LogP contribution in [0, 0.1) is 6.92 Å². The molecule has 32 heavy (non-hydrogen) atoms. The summed E-state index contributed by atoms with van der Waals surface area (Å²) in [5.74, 6) is -1.86. The quantitative estimate of drug-likeness (QED) is 0.375. The molecule has 16 heteroatoms. The number of aliphatic imine (C=N–C) groups is 1. The highest BCUT2D eigenvalue weighted by molar-refractivity contribution is 8.17. The number of aliphatic carboxylic acids is 1. The SMILES string of the molecule is Cc1nnc(SCC2=C(C(=O)O)N3C(=O)C(NC(=O)CS(=O)C4=NC(=O)SC4)C3SC2)s1. The van der Waals surface area contributed by atoms with Crippen molar-refractivity contribution in [2.24, 2.45) is 4.99 Å². The van der Waals surface area contributed by atoms with Crippen molar-refractivity contribution in [1.29, 1.82) is 0 Å². The minimum Gasteiger partial charge on any atom is -0.477 e. The number of rotatable bonds is 7. The molecule has 170 valence electrons. The Bertz CT molecular complexity index is 1100. The molecule has 2 N–H and O–H groups in total. The number of aromatic nitrogens is 2. The van der Waals surface area contributed by atoms with Crippen molar-refractivity contribution >= 4 is 85.5 Å². The Morgan fingerprint density at radius 1 is 1.31 bits per heavy atom. The molecule has 0 bridgehead atoms. The lowest BCUT2D eigenvalue weighted by Gasteiger charge is -2.49. The second kappa shape index (κ2) is 9.62. The average Bonchev–Trinajstić information content (AvgIpc) is 3.37. The molecule has 3 atom stereocenters. The number of nitrogens with zero attached hydrogens (tertiary/aromatic N) is 4.